The van der Waals surface area contributed by atoms with Crippen molar-refractivity contribution in [2.45, 2.75) is 11.2 Å². The second kappa shape index (κ2) is 6.84. The van der Waals surface area contributed by atoms with E-state index in [0.717, 1.165) is 0 Å². The summed E-state index contributed by atoms with van der Waals surface area (Å²) in [6.45, 7) is 0.286. The number of fused-ring (bicyclic) bond motifs is 1. The lowest BCUT2D eigenvalue weighted by atomic mass is 10.2. The van der Waals surface area contributed by atoms with E-state index in [4.69, 9.17) is 14.2 Å². The molecule has 29 heavy (non-hydrogen) atoms. The molecular formula is C20H22N2O6S. The van der Waals surface area contributed by atoms with E-state index in [-0.39, 0.29) is 12.5 Å². The lowest BCUT2D eigenvalue weighted by Crippen LogP contribution is -2.42. The van der Waals surface area contributed by atoms with Gasteiger partial charge in [-0.1, -0.05) is 0 Å². The van der Waals surface area contributed by atoms with Crippen LogP contribution in [0, 0.1) is 5.92 Å². The van der Waals surface area contributed by atoms with Crippen LogP contribution < -0.4 is 23.8 Å². The molecule has 1 amide bonds. The molecule has 154 valence electrons. The number of carbonyl (C=O) groups excluding carboxylic acids is 1. The molecular weight excluding hydrogens is 396 g/mol. The Morgan fingerprint density at radius 1 is 1.03 bits per heavy atom. The summed E-state index contributed by atoms with van der Waals surface area (Å²) in [5, 5.41) is 2.74. The van der Waals surface area contributed by atoms with Gasteiger partial charge in [-0.25, -0.2) is 8.42 Å². The largest absolute Gasteiger partial charge is 0.497 e. The van der Waals surface area contributed by atoms with Gasteiger partial charge in [-0.3, -0.25) is 9.10 Å². The van der Waals surface area contributed by atoms with Crippen LogP contribution in [-0.2, 0) is 14.8 Å². The predicted octanol–water partition coefficient (Wildman–Crippen LogP) is 2.26. The van der Waals surface area contributed by atoms with E-state index < -0.39 is 20.7 Å². The third-order valence-electron chi connectivity index (χ3n) is 5.57. The summed E-state index contributed by atoms with van der Waals surface area (Å²) < 4.78 is 41.9. The van der Waals surface area contributed by atoms with Gasteiger partial charge in [0.1, 0.15) is 5.75 Å². The number of sulfonamides is 1. The van der Waals surface area contributed by atoms with Crippen LogP contribution in [0.2, 0.25) is 0 Å². The van der Waals surface area contributed by atoms with Gasteiger partial charge in [0.05, 0.1) is 27.0 Å². The Balaban J connectivity index is 1.58. The molecule has 2 aromatic rings. The molecule has 1 aliphatic heterocycles. The van der Waals surface area contributed by atoms with Crippen molar-refractivity contribution in [1.29, 1.82) is 0 Å². The number of ether oxygens (including phenoxy) is 3. The molecule has 1 saturated carbocycles. The van der Waals surface area contributed by atoms with Crippen molar-refractivity contribution in [1.82, 2.24) is 0 Å². The van der Waals surface area contributed by atoms with Crippen LogP contribution in [0.15, 0.2) is 42.5 Å². The Morgan fingerprint density at radius 3 is 2.34 bits per heavy atom. The predicted molar refractivity (Wildman–Crippen MR) is 108 cm³/mol. The molecule has 8 nitrogen and oxygen atoms in total. The van der Waals surface area contributed by atoms with Gasteiger partial charge in [0.2, 0.25) is 15.9 Å². The molecule has 0 unspecified atom stereocenters. The number of hydrogen-bond donors (Lipinski definition) is 1. The molecule has 2 aromatic carbocycles. The van der Waals surface area contributed by atoms with Crippen molar-refractivity contribution in [3.63, 3.8) is 0 Å². The lowest BCUT2D eigenvalue weighted by Gasteiger charge is -2.23. The van der Waals surface area contributed by atoms with E-state index in [1.807, 2.05) is 0 Å². The summed E-state index contributed by atoms with van der Waals surface area (Å²) in [6.07, 6.45) is 0.321. The summed E-state index contributed by atoms with van der Waals surface area (Å²) >= 11 is 0. The van der Waals surface area contributed by atoms with Crippen LogP contribution in [0.3, 0.4) is 0 Å². The third kappa shape index (κ3) is 2.88. The van der Waals surface area contributed by atoms with E-state index >= 15 is 0 Å². The number of anilines is 2. The highest BCUT2D eigenvalue weighted by molar-refractivity contribution is 7.95. The molecule has 0 spiro atoms. The minimum absolute atomic E-state index is 0.241. The molecule has 1 aliphatic carbocycles. The number of benzene rings is 2. The minimum Gasteiger partial charge on any atom is -0.497 e. The van der Waals surface area contributed by atoms with E-state index in [9.17, 15) is 13.2 Å². The molecule has 1 saturated heterocycles. The first kappa shape index (κ1) is 19.4. The van der Waals surface area contributed by atoms with Gasteiger partial charge < -0.3 is 19.5 Å². The summed E-state index contributed by atoms with van der Waals surface area (Å²) in [5.41, 5.74) is 0.974. The van der Waals surface area contributed by atoms with Crippen LogP contribution in [0.4, 0.5) is 11.4 Å². The van der Waals surface area contributed by atoms with Crippen molar-refractivity contribution in [3.05, 3.63) is 42.5 Å². The molecule has 0 radical (unpaired) electrons. The van der Waals surface area contributed by atoms with Crippen LogP contribution in [0.5, 0.6) is 17.2 Å². The van der Waals surface area contributed by atoms with Gasteiger partial charge in [0, 0.05) is 24.2 Å². The first-order valence-electron chi connectivity index (χ1n) is 9.07. The Kier molecular flexibility index (Phi) is 4.57. The summed E-state index contributed by atoms with van der Waals surface area (Å²) in [4.78, 5) is 13.0. The fraction of sp³-hybridized carbons (Fsp3) is 0.350. The Morgan fingerprint density at radius 2 is 1.72 bits per heavy atom. The molecule has 0 aromatic heterocycles. The molecule has 2 fully saturated rings. The second-order valence-corrected chi connectivity index (χ2v) is 9.17. The third-order valence-corrected chi connectivity index (χ3v) is 8.12. The Bertz CT molecular complexity index is 1050. The fourth-order valence-electron chi connectivity index (χ4n) is 3.87. The number of methoxy groups -OCH3 is 3. The van der Waals surface area contributed by atoms with Crippen molar-refractivity contribution >= 4 is 27.3 Å². The molecule has 1 heterocycles. The fourth-order valence-corrected chi connectivity index (χ4v) is 6.23. The van der Waals surface area contributed by atoms with E-state index in [1.165, 1.54) is 18.5 Å². The summed E-state index contributed by atoms with van der Waals surface area (Å²) in [5.74, 6) is 0.841. The molecule has 4 rings (SSSR count). The zero-order valence-corrected chi connectivity index (χ0v) is 17.2. The van der Waals surface area contributed by atoms with Crippen molar-refractivity contribution < 1.29 is 27.4 Å². The highest BCUT2D eigenvalue weighted by Gasteiger charge is 2.75. The smallest absolute Gasteiger partial charge is 0.250 e. The van der Waals surface area contributed by atoms with Crippen LogP contribution in [-0.4, -0.2) is 46.9 Å². The summed E-state index contributed by atoms with van der Waals surface area (Å²) in [6, 6.07) is 11.7. The maximum atomic E-state index is 13.3. The zero-order valence-electron chi connectivity index (χ0n) is 16.3. The van der Waals surface area contributed by atoms with Gasteiger partial charge in [-0.05, 0) is 42.8 Å². The van der Waals surface area contributed by atoms with Crippen LogP contribution in [0.25, 0.3) is 0 Å². The number of carbonyl (C=O) groups is 1. The second-order valence-electron chi connectivity index (χ2n) is 7.05. The zero-order chi connectivity index (χ0) is 20.8. The quantitative estimate of drug-likeness (QED) is 0.773. The van der Waals surface area contributed by atoms with Gasteiger partial charge >= 0.3 is 0 Å². The number of nitrogens with one attached hydrogen (secondary N) is 1. The Hall–Kier alpha value is -2.94. The SMILES string of the molecule is COc1ccc(N2C[C@@H]3C[C@@]3(C(=O)Nc3ccc(OC)c(OC)c3)S2(=O)=O)cc1. The number of nitrogens with zero attached hydrogens (tertiary/aromatic N) is 1. The Labute approximate surface area is 169 Å². The first-order valence-corrected chi connectivity index (χ1v) is 10.5. The average molecular weight is 418 g/mol. The molecule has 0 bridgehead atoms. The number of amides is 1. The van der Waals surface area contributed by atoms with Crippen LogP contribution >= 0.6 is 0 Å². The highest BCUT2D eigenvalue weighted by atomic mass is 32.2. The van der Waals surface area contributed by atoms with Gasteiger partial charge in [-0.15, -0.1) is 0 Å². The standard InChI is InChI=1S/C20H22N2O6S/c1-26-16-7-5-15(6-8-16)22-12-13-11-20(13,29(22,24)25)19(23)21-14-4-9-17(27-2)18(10-14)28-3/h4-10,13H,11-12H2,1-3H3,(H,21,23)/t13-,20+/m0/s1. The number of hydrogen-bond acceptors (Lipinski definition) is 6. The van der Waals surface area contributed by atoms with Crippen LogP contribution in [0.1, 0.15) is 6.42 Å². The maximum absolute atomic E-state index is 13.3. The van der Waals surface area contributed by atoms with E-state index in [2.05, 4.69) is 5.32 Å². The van der Waals surface area contributed by atoms with Gasteiger partial charge in [0.15, 0.2) is 16.2 Å². The molecule has 2 aliphatic rings. The number of rotatable bonds is 6. The van der Waals surface area contributed by atoms with Gasteiger partial charge in [0.25, 0.3) is 0 Å². The first-order chi connectivity index (χ1) is 13.9. The normalized spacial score (nSPS) is 23.8. The van der Waals surface area contributed by atoms with Crippen molar-refractivity contribution in [2.24, 2.45) is 5.92 Å². The topological polar surface area (TPSA) is 94.2 Å². The highest BCUT2D eigenvalue weighted by Crippen LogP contribution is 2.58. The lowest BCUT2D eigenvalue weighted by molar-refractivity contribution is -0.116. The monoisotopic (exact) mass is 418 g/mol. The van der Waals surface area contributed by atoms with Crippen molar-refractivity contribution in [3.8, 4) is 17.2 Å². The minimum atomic E-state index is -3.85. The average Bonchev–Trinajstić information content (AvgIpc) is 3.43. The van der Waals surface area contributed by atoms with Gasteiger partial charge in [-0.2, -0.15) is 0 Å². The van der Waals surface area contributed by atoms with E-state index in [0.29, 0.717) is 35.0 Å². The molecule has 2 atom stereocenters. The van der Waals surface area contributed by atoms with Crippen molar-refractivity contribution in [2.75, 3.05) is 37.5 Å². The van der Waals surface area contributed by atoms with E-state index in [1.54, 1.807) is 49.6 Å². The maximum Gasteiger partial charge on any atom is 0.250 e. The molecule has 1 N–H and O–H groups in total. The summed E-state index contributed by atoms with van der Waals surface area (Å²) in [7, 11) is 0.707. The molecule has 9 heteroatoms.